The molecule has 30 heavy (non-hydrogen) atoms. The van der Waals surface area contributed by atoms with E-state index < -0.39 is 5.97 Å². The number of hydrogen-bond acceptors (Lipinski definition) is 6. The van der Waals surface area contributed by atoms with E-state index in [4.69, 9.17) is 9.72 Å². The van der Waals surface area contributed by atoms with Crippen LogP contribution in [0, 0.1) is 0 Å². The summed E-state index contributed by atoms with van der Waals surface area (Å²) in [6.45, 7) is 4.47. The Balaban J connectivity index is 1.78. The summed E-state index contributed by atoms with van der Waals surface area (Å²) in [5.41, 5.74) is 2.06. The molecule has 4 rings (SSSR count). The number of anilines is 2. The maximum atomic E-state index is 13.0. The molecule has 2 N–H and O–H groups in total. The van der Waals surface area contributed by atoms with Crippen LogP contribution in [0.25, 0.3) is 10.9 Å². The van der Waals surface area contributed by atoms with Gasteiger partial charge in [-0.3, -0.25) is 9.36 Å². The molecule has 2 heterocycles. The zero-order chi connectivity index (χ0) is 21.3. The Morgan fingerprint density at radius 1 is 1.17 bits per heavy atom. The normalized spacial score (nSPS) is 15.2. The van der Waals surface area contributed by atoms with E-state index >= 15 is 0 Å². The second kappa shape index (κ2) is 8.16. The van der Waals surface area contributed by atoms with Crippen molar-refractivity contribution in [3.63, 3.8) is 0 Å². The molecule has 0 spiro atoms. The molecule has 1 fully saturated rings. The number of nitrogens with one attached hydrogen (secondary N) is 1. The van der Waals surface area contributed by atoms with Crippen LogP contribution in [0.1, 0.15) is 28.9 Å². The number of rotatable bonds is 5. The lowest BCUT2D eigenvalue weighted by molar-refractivity contribution is 0.0698. The molecule has 1 atom stereocenters. The molecule has 0 radical (unpaired) electrons. The van der Waals surface area contributed by atoms with E-state index in [9.17, 15) is 14.7 Å². The maximum Gasteiger partial charge on any atom is 0.337 e. The highest BCUT2D eigenvalue weighted by atomic mass is 16.5. The molecule has 1 aromatic heterocycles. The summed E-state index contributed by atoms with van der Waals surface area (Å²) in [4.78, 5) is 31.5. The number of aromatic nitrogens is 2. The van der Waals surface area contributed by atoms with Gasteiger partial charge in [0.15, 0.2) is 0 Å². The minimum absolute atomic E-state index is 0.110. The van der Waals surface area contributed by atoms with E-state index in [2.05, 4.69) is 10.2 Å². The summed E-state index contributed by atoms with van der Waals surface area (Å²) < 4.78 is 7.00. The quantitative estimate of drug-likeness (QED) is 0.670. The largest absolute Gasteiger partial charge is 0.478 e. The topological polar surface area (TPSA) is 96.7 Å². The molecule has 0 aliphatic carbocycles. The Morgan fingerprint density at radius 2 is 1.90 bits per heavy atom. The van der Waals surface area contributed by atoms with Crippen LogP contribution in [-0.2, 0) is 11.8 Å². The lowest BCUT2D eigenvalue weighted by Crippen LogP contribution is -2.40. The molecular formula is C22H24N4O4. The average molecular weight is 408 g/mol. The monoisotopic (exact) mass is 408 g/mol. The number of para-hydroxylation sites is 2. The first-order valence-electron chi connectivity index (χ1n) is 9.88. The lowest BCUT2D eigenvalue weighted by Gasteiger charge is -2.29. The van der Waals surface area contributed by atoms with Gasteiger partial charge in [0.1, 0.15) is 0 Å². The number of morpholine rings is 1. The van der Waals surface area contributed by atoms with Gasteiger partial charge in [-0.15, -0.1) is 0 Å². The van der Waals surface area contributed by atoms with Crippen LogP contribution in [0.15, 0.2) is 47.3 Å². The first-order valence-corrected chi connectivity index (χ1v) is 9.88. The van der Waals surface area contributed by atoms with Crippen LogP contribution in [0.5, 0.6) is 0 Å². The van der Waals surface area contributed by atoms with Crippen molar-refractivity contribution in [2.45, 2.75) is 13.0 Å². The van der Waals surface area contributed by atoms with Crippen LogP contribution in [0.4, 0.5) is 11.6 Å². The van der Waals surface area contributed by atoms with Gasteiger partial charge in [0.05, 0.1) is 35.7 Å². The molecule has 3 aromatic rings. The third kappa shape index (κ3) is 3.61. The number of carboxylic acids is 1. The number of carboxylic acid groups (broad SMARTS) is 1. The van der Waals surface area contributed by atoms with E-state index in [1.807, 2.05) is 19.1 Å². The van der Waals surface area contributed by atoms with Gasteiger partial charge in [-0.1, -0.05) is 24.3 Å². The predicted octanol–water partition coefficient (Wildman–Crippen LogP) is 2.64. The fraction of sp³-hybridized carbons (Fsp3) is 0.318. The number of aromatic carboxylic acids is 1. The summed E-state index contributed by atoms with van der Waals surface area (Å²) in [5.74, 6) is -0.383. The minimum atomic E-state index is -0.996. The molecule has 1 aliphatic heterocycles. The fourth-order valence-electron chi connectivity index (χ4n) is 3.81. The van der Waals surface area contributed by atoms with Gasteiger partial charge >= 0.3 is 5.97 Å². The molecule has 156 valence electrons. The van der Waals surface area contributed by atoms with Crippen molar-refractivity contribution in [2.75, 3.05) is 36.5 Å². The Hall–Kier alpha value is -3.39. The highest BCUT2D eigenvalue weighted by Gasteiger charge is 2.21. The number of nitrogens with zero attached hydrogens (tertiary/aromatic N) is 3. The van der Waals surface area contributed by atoms with Crippen molar-refractivity contribution in [1.82, 2.24) is 9.55 Å². The average Bonchev–Trinajstić information content (AvgIpc) is 2.76. The molecule has 0 unspecified atom stereocenters. The van der Waals surface area contributed by atoms with Gasteiger partial charge in [-0.25, -0.2) is 9.78 Å². The van der Waals surface area contributed by atoms with Crippen LogP contribution in [0.2, 0.25) is 0 Å². The van der Waals surface area contributed by atoms with Crippen LogP contribution < -0.4 is 15.8 Å². The Bertz CT molecular complexity index is 1150. The number of ether oxygens (including phenoxy) is 1. The second-order valence-electron chi connectivity index (χ2n) is 7.34. The molecular weight excluding hydrogens is 384 g/mol. The molecule has 1 saturated heterocycles. The molecule has 0 amide bonds. The minimum Gasteiger partial charge on any atom is -0.478 e. The SMILES string of the molecule is C[C@@H](Nc1ccccc1C(=O)O)c1cccc2c(=O)n(C)c(N3CCOCC3)nc12. The molecule has 1 aliphatic rings. The summed E-state index contributed by atoms with van der Waals surface area (Å²) in [5, 5.41) is 13.3. The van der Waals surface area contributed by atoms with Crippen LogP contribution in [-0.4, -0.2) is 46.9 Å². The van der Waals surface area contributed by atoms with E-state index in [1.54, 1.807) is 41.9 Å². The summed E-state index contributed by atoms with van der Waals surface area (Å²) in [7, 11) is 1.73. The predicted molar refractivity (Wildman–Crippen MR) is 115 cm³/mol. The summed E-state index contributed by atoms with van der Waals surface area (Å²) in [6.07, 6.45) is 0. The second-order valence-corrected chi connectivity index (χ2v) is 7.34. The van der Waals surface area contributed by atoms with Gasteiger partial charge in [-0.2, -0.15) is 0 Å². The van der Waals surface area contributed by atoms with Gasteiger partial charge in [-0.05, 0) is 25.1 Å². The number of benzene rings is 2. The molecule has 8 heteroatoms. The van der Waals surface area contributed by atoms with Crippen molar-refractivity contribution >= 4 is 28.5 Å². The Morgan fingerprint density at radius 3 is 2.63 bits per heavy atom. The Kier molecular flexibility index (Phi) is 5.41. The van der Waals surface area contributed by atoms with Crippen molar-refractivity contribution in [3.05, 3.63) is 63.9 Å². The standard InChI is InChI=1S/C22H24N4O4/c1-14(23-18-9-4-3-6-16(18)21(28)29)15-7-5-8-17-19(15)24-22(25(2)20(17)27)26-10-12-30-13-11-26/h3-9,14,23H,10-13H2,1-2H3,(H,28,29)/t14-/m1/s1. The number of fused-ring (bicyclic) bond motifs is 1. The van der Waals surface area contributed by atoms with Gasteiger partial charge < -0.3 is 20.1 Å². The first kappa shape index (κ1) is 19.9. The van der Waals surface area contributed by atoms with Crippen molar-refractivity contribution < 1.29 is 14.6 Å². The number of carbonyl (C=O) groups is 1. The smallest absolute Gasteiger partial charge is 0.337 e. The van der Waals surface area contributed by atoms with E-state index in [0.717, 1.165) is 5.56 Å². The highest BCUT2D eigenvalue weighted by molar-refractivity contribution is 5.94. The molecule has 0 bridgehead atoms. The maximum absolute atomic E-state index is 13.0. The third-order valence-electron chi connectivity index (χ3n) is 5.40. The summed E-state index contributed by atoms with van der Waals surface area (Å²) in [6, 6.07) is 12.0. The highest BCUT2D eigenvalue weighted by Crippen LogP contribution is 2.27. The van der Waals surface area contributed by atoms with E-state index in [1.165, 1.54) is 0 Å². The first-order chi connectivity index (χ1) is 14.5. The fourth-order valence-corrected chi connectivity index (χ4v) is 3.81. The third-order valence-corrected chi connectivity index (χ3v) is 5.40. The number of hydrogen-bond donors (Lipinski definition) is 2. The molecule has 2 aromatic carbocycles. The van der Waals surface area contributed by atoms with Gasteiger partial charge in [0.25, 0.3) is 5.56 Å². The zero-order valence-electron chi connectivity index (χ0n) is 17.0. The molecule has 8 nitrogen and oxygen atoms in total. The van der Waals surface area contributed by atoms with Crippen LogP contribution in [0.3, 0.4) is 0 Å². The van der Waals surface area contributed by atoms with Crippen molar-refractivity contribution in [1.29, 1.82) is 0 Å². The summed E-state index contributed by atoms with van der Waals surface area (Å²) >= 11 is 0. The van der Waals surface area contributed by atoms with E-state index in [-0.39, 0.29) is 17.2 Å². The molecule has 0 saturated carbocycles. The van der Waals surface area contributed by atoms with E-state index in [0.29, 0.717) is 48.8 Å². The lowest BCUT2D eigenvalue weighted by atomic mass is 10.0. The van der Waals surface area contributed by atoms with Crippen LogP contribution >= 0.6 is 0 Å². The van der Waals surface area contributed by atoms with Crippen molar-refractivity contribution in [2.24, 2.45) is 7.05 Å². The van der Waals surface area contributed by atoms with Gasteiger partial charge in [0, 0.05) is 31.4 Å². The Labute approximate surface area is 173 Å². The van der Waals surface area contributed by atoms with Gasteiger partial charge in [0.2, 0.25) is 5.95 Å². The zero-order valence-corrected chi connectivity index (χ0v) is 17.0. The van der Waals surface area contributed by atoms with Crippen molar-refractivity contribution in [3.8, 4) is 0 Å².